The molecule has 0 fully saturated rings. The molecule has 5 nitrogen and oxygen atoms in total. The fourth-order valence-corrected chi connectivity index (χ4v) is 1.59. The van der Waals surface area contributed by atoms with Crippen LogP contribution in [0.5, 0.6) is 0 Å². The Morgan fingerprint density at radius 3 is 2.67 bits per heavy atom. The van der Waals surface area contributed by atoms with Crippen molar-refractivity contribution in [2.24, 2.45) is 0 Å². The molecule has 0 saturated heterocycles. The Hall–Kier alpha value is -1.47. The smallest absolute Gasteiger partial charge is 0.279 e. The number of carbonyl (C=O) groups excluding carboxylic acids is 2. The van der Waals surface area contributed by atoms with Gasteiger partial charge in [0.2, 0.25) is 5.91 Å². The summed E-state index contributed by atoms with van der Waals surface area (Å²) in [5, 5.41) is 4.17. The molecule has 3 N–H and O–H groups in total. The van der Waals surface area contributed by atoms with Crippen LogP contribution in [0.2, 0.25) is 0 Å². The van der Waals surface area contributed by atoms with E-state index >= 15 is 0 Å². The van der Waals surface area contributed by atoms with Crippen molar-refractivity contribution in [2.75, 3.05) is 0 Å². The Morgan fingerprint density at radius 2 is 2.13 bits per heavy atom. The van der Waals surface area contributed by atoms with Crippen molar-refractivity contribution in [3.8, 4) is 0 Å². The molecule has 0 saturated carbocycles. The summed E-state index contributed by atoms with van der Waals surface area (Å²) in [5.74, 6) is -0.587. The van der Waals surface area contributed by atoms with E-state index in [1.165, 1.54) is 18.3 Å². The van der Waals surface area contributed by atoms with Crippen LogP contribution in [0, 0.1) is 0 Å². The van der Waals surface area contributed by atoms with Crippen LogP contribution in [-0.2, 0) is 4.79 Å². The monoisotopic (exact) mass is 243 g/mol. The van der Waals surface area contributed by atoms with Gasteiger partial charge in [-0.3, -0.25) is 20.4 Å². The highest BCUT2D eigenvalue weighted by molar-refractivity contribution is 7.80. The third-order valence-corrected chi connectivity index (χ3v) is 2.40. The molecule has 0 aliphatic carbocycles. The van der Waals surface area contributed by atoms with Crippen LogP contribution in [-0.4, -0.2) is 16.9 Å². The van der Waals surface area contributed by atoms with Gasteiger partial charge in [-0.2, -0.15) is 0 Å². The lowest BCUT2D eigenvalue weighted by molar-refractivity contribution is -0.117. The predicted octanol–water partition coefficient (Wildman–Crippen LogP) is 0.403. The van der Waals surface area contributed by atoms with E-state index in [0.717, 1.165) is 0 Å². The fourth-order valence-electron chi connectivity index (χ4n) is 0.774. The number of hydrogen-bond donors (Lipinski definition) is 3. The van der Waals surface area contributed by atoms with Gasteiger partial charge in [-0.15, -0.1) is 11.3 Å². The quantitative estimate of drug-likeness (QED) is 0.493. The van der Waals surface area contributed by atoms with E-state index < -0.39 is 0 Å². The molecule has 2 amide bonds. The molecule has 7 heteroatoms. The normalized spacial score (nSPS) is 9.13. The number of hydrazine groups is 1. The first-order valence-corrected chi connectivity index (χ1v) is 5.30. The Kier molecular flexibility index (Phi) is 4.19. The molecule has 0 atom stereocenters. The molecular formula is C8H9N3O2S2. The summed E-state index contributed by atoms with van der Waals surface area (Å²) in [6, 6.07) is 3.45. The minimum Gasteiger partial charge on any atom is -0.302 e. The molecule has 0 unspecified atom stereocenters. The van der Waals surface area contributed by atoms with Gasteiger partial charge in [-0.1, -0.05) is 6.07 Å². The first-order chi connectivity index (χ1) is 7.09. The number of thiophene rings is 1. The minimum atomic E-state index is -0.294. The van der Waals surface area contributed by atoms with Gasteiger partial charge in [0.1, 0.15) is 0 Å². The molecule has 0 bridgehead atoms. The fraction of sp³-hybridized carbons (Fsp3) is 0.125. The first kappa shape index (κ1) is 11.6. The molecule has 1 heterocycles. The highest BCUT2D eigenvalue weighted by Gasteiger charge is 2.06. The first-order valence-electron chi connectivity index (χ1n) is 4.01. The zero-order chi connectivity index (χ0) is 11.3. The summed E-state index contributed by atoms with van der Waals surface area (Å²) in [7, 11) is 0. The standard InChI is InChI=1S/C8H9N3O2S2/c1-5(12)9-8(14)11-10-7(13)6-3-2-4-15-6/h2-4H,1H3,(H,10,13)(H2,9,11,12,14). The van der Waals surface area contributed by atoms with E-state index in [2.05, 4.69) is 16.2 Å². The van der Waals surface area contributed by atoms with E-state index in [4.69, 9.17) is 12.2 Å². The lowest BCUT2D eigenvalue weighted by Crippen LogP contribution is -2.47. The van der Waals surface area contributed by atoms with Gasteiger partial charge in [0.25, 0.3) is 5.91 Å². The molecule has 0 spiro atoms. The molecule has 0 radical (unpaired) electrons. The molecular weight excluding hydrogens is 234 g/mol. The van der Waals surface area contributed by atoms with Gasteiger partial charge in [-0.25, -0.2) is 0 Å². The summed E-state index contributed by atoms with van der Waals surface area (Å²) in [4.78, 5) is 22.5. The zero-order valence-corrected chi connectivity index (χ0v) is 9.50. The van der Waals surface area contributed by atoms with Crippen molar-refractivity contribution >= 4 is 40.5 Å². The maximum atomic E-state index is 11.4. The third kappa shape index (κ3) is 4.05. The summed E-state index contributed by atoms with van der Waals surface area (Å²) in [6.45, 7) is 1.33. The summed E-state index contributed by atoms with van der Waals surface area (Å²) in [6.07, 6.45) is 0. The van der Waals surface area contributed by atoms with Crippen LogP contribution in [0.3, 0.4) is 0 Å². The van der Waals surface area contributed by atoms with E-state index in [0.29, 0.717) is 4.88 Å². The van der Waals surface area contributed by atoms with Crippen molar-refractivity contribution in [2.45, 2.75) is 6.92 Å². The van der Waals surface area contributed by atoms with Crippen LogP contribution >= 0.6 is 23.6 Å². The number of carbonyl (C=O) groups is 2. The molecule has 80 valence electrons. The van der Waals surface area contributed by atoms with Gasteiger partial charge in [0.15, 0.2) is 5.11 Å². The van der Waals surface area contributed by atoms with Crippen LogP contribution < -0.4 is 16.2 Å². The lowest BCUT2D eigenvalue weighted by atomic mass is 10.4. The zero-order valence-electron chi connectivity index (χ0n) is 7.87. The van der Waals surface area contributed by atoms with Crippen molar-refractivity contribution in [3.05, 3.63) is 22.4 Å². The van der Waals surface area contributed by atoms with Gasteiger partial charge in [0, 0.05) is 6.92 Å². The molecule has 0 aliphatic heterocycles. The van der Waals surface area contributed by atoms with Crippen molar-refractivity contribution in [3.63, 3.8) is 0 Å². The second-order valence-electron chi connectivity index (χ2n) is 2.57. The highest BCUT2D eigenvalue weighted by atomic mass is 32.1. The van der Waals surface area contributed by atoms with Crippen LogP contribution in [0.1, 0.15) is 16.6 Å². The molecule has 15 heavy (non-hydrogen) atoms. The number of rotatable bonds is 1. The number of hydrogen-bond acceptors (Lipinski definition) is 4. The summed E-state index contributed by atoms with van der Waals surface area (Å²) in [5.41, 5.74) is 4.76. The second-order valence-corrected chi connectivity index (χ2v) is 3.92. The molecule has 1 aromatic rings. The van der Waals surface area contributed by atoms with E-state index in [-0.39, 0.29) is 16.9 Å². The van der Waals surface area contributed by atoms with E-state index in [9.17, 15) is 9.59 Å². The highest BCUT2D eigenvalue weighted by Crippen LogP contribution is 2.06. The Bertz CT molecular complexity index is 375. The maximum absolute atomic E-state index is 11.4. The number of nitrogens with one attached hydrogen (secondary N) is 3. The van der Waals surface area contributed by atoms with Gasteiger partial charge < -0.3 is 5.32 Å². The van der Waals surface area contributed by atoms with Crippen molar-refractivity contribution in [1.29, 1.82) is 0 Å². The van der Waals surface area contributed by atoms with E-state index in [1.807, 2.05) is 0 Å². The van der Waals surface area contributed by atoms with Gasteiger partial charge in [-0.05, 0) is 23.7 Å². The molecule has 0 aliphatic rings. The predicted molar refractivity (Wildman–Crippen MR) is 61.3 cm³/mol. The van der Waals surface area contributed by atoms with Crippen LogP contribution in [0.25, 0.3) is 0 Å². The van der Waals surface area contributed by atoms with Crippen molar-refractivity contribution in [1.82, 2.24) is 16.2 Å². The minimum absolute atomic E-state index is 0.0624. The van der Waals surface area contributed by atoms with Crippen molar-refractivity contribution < 1.29 is 9.59 Å². The average molecular weight is 243 g/mol. The Labute approximate surface area is 95.8 Å². The van der Waals surface area contributed by atoms with Crippen LogP contribution in [0.4, 0.5) is 0 Å². The number of thiocarbonyl (C=S) groups is 1. The lowest BCUT2D eigenvalue weighted by Gasteiger charge is -2.08. The topological polar surface area (TPSA) is 70.2 Å². The molecule has 1 rings (SSSR count). The number of amides is 2. The van der Waals surface area contributed by atoms with Gasteiger partial charge in [0.05, 0.1) is 4.88 Å². The Morgan fingerprint density at radius 1 is 1.40 bits per heavy atom. The summed E-state index contributed by atoms with van der Waals surface area (Å²) >= 11 is 6.04. The van der Waals surface area contributed by atoms with Crippen LogP contribution in [0.15, 0.2) is 17.5 Å². The second kappa shape index (κ2) is 5.42. The SMILES string of the molecule is CC(=O)NC(=S)NNC(=O)c1cccs1. The largest absolute Gasteiger partial charge is 0.302 e. The van der Waals surface area contributed by atoms with Gasteiger partial charge >= 0.3 is 0 Å². The third-order valence-electron chi connectivity index (χ3n) is 1.32. The van der Waals surface area contributed by atoms with E-state index in [1.54, 1.807) is 17.5 Å². The average Bonchev–Trinajstić information content (AvgIpc) is 2.65. The Balaban J connectivity index is 2.35. The molecule has 0 aromatic carbocycles. The summed E-state index contributed by atoms with van der Waals surface area (Å²) < 4.78 is 0. The maximum Gasteiger partial charge on any atom is 0.279 e. The molecule has 1 aromatic heterocycles.